The van der Waals surface area contributed by atoms with Crippen molar-refractivity contribution in [3.63, 3.8) is 0 Å². The SMILES string of the molecule is CCCCCCCCCCCCCCCC(C)CC(=O)OCC(O)CO. The van der Waals surface area contributed by atoms with Gasteiger partial charge in [-0.15, -0.1) is 0 Å². The molecule has 0 aliphatic heterocycles. The van der Waals surface area contributed by atoms with E-state index in [1.165, 1.54) is 83.5 Å². The fourth-order valence-corrected chi connectivity index (χ4v) is 3.20. The van der Waals surface area contributed by atoms with Crippen LogP contribution in [0.4, 0.5) is 0 Å². The molecule has 0 aromatic heterocycles. The number of hydrogen-bond donors (Lipinski definition) is 2. The lowest BCUT2D eigenvalue weighted by molar-refractivity contribution is -0.148. The van der Waals surface area contributed by atoms with E-state index < -0.39 is 6.10 Å². The Balaban J connectivity index is 3.30. The van der Waals surface area contributed by atoms with E-state index in [1.807, 2.05) is 0 Å². The number of aliphatic hydroxyl groups is 2. The predicted molar refractivity (Wildman–Crippen MR) is 108 cm³/mol. The second-order valence-electron chi connectivity index (χ2n) is 7.86. The smallest absolute Gasteiger partial charge is 0.306 e. The lowest BCUT2D eigenvalue weighted by Crippen LogP contribution is -2.22. The highest BCUT2D eigenvalue weighted by Crippen LogP contribution is 2.16. The zero-order valence-corrected chi connectivity index (χ0v) is 17.4. The standard InChI is InChI=1S/C22H44O4/c1-3-4-5-6-7-8-9-10-11-12-13-14-15-16-20(2)17-22(25)26-19-21(24)18-23/h20-21,23-24H,3-19H2,1-2H3. The van der Waals surface area contributed by atoms with Gasteiger partial charge < -0.3 is 14.9 Å². The van der Waals surface area contributed by atoms with E-state index in [0.717, 1.165) is 6.42 Å². The Morgan fingerprint density at radius 2 is 1.31 bits per heavy atom. The van der Waals surface area contributed by atoms with E-state index >= 15 is 0 Å². The van der Waals surface area contributed by atoms with Crippen molar-refractivity contribution in [2.45, 2.75) is 116 Å². The van der Waals surface area contributed by atoms with Crippen LogP contribution in [0.3, 0.4) is 0 Å². The average molecular weight is 373 g/mol. The minimum atomic E-state index is -0.963. The summed E-state index contributed by atoms with van der Waals surface area (Å²) in [4.78, 5) is 11.6. The first kappa shape index (κ1) is 25.4. The summed E-state index contributed by atoms with van der Waals surface area (Å²) in [6, 6.07) is 0. The average Bonchev–Trinajstić information content (AvgIpc) is 2.63. The lowest BCUT2D eigenvalue weighted by atomic mass is 9.99. The van der Waals surface area contributed by atoms with Gasteiger partial charge in [0, 0.05) is 6.42 Å². The summed E-state index contributed by atoms with van der Waals surface area (Å²) in [5.41, 5.74) is 0. The second-order valence-corrected chi connectivity index (χ2v) is 7.86. The van der Waals surface area contributed by atoms with Crippen molar-refractivity contribution in [1.82, 2.24) is 0 Å². The van der Waals surface area contributed by atoms with Crippen molar-refractivity contribution in [3.8, 4) is 0 Å². The summed E-state index contributed by atoms with van der Waals surface area (Å²) >= 11 is 0. The predicted octanol–water partition coefficient (Wildman–Crippen LogP) is 5.39. The Morgan fingerprint density at radius 1 is 0.846 bits per heavy atom. The molecule has 2 N–H and O–H groups in total. The molecule has 0 fully saturated rings. The maximum absolute atomic E-state index is 11.6. The number of carbonyl (C=O) groups is 1. The number of carbonyl (C=O) groups excluding carboxylic acids is 1. The minimum Gasteiger partial charge on any atom is -0.463 e. The number of aliphatic hydroxyl groups excluding tert-OH is 2. The number of esters is 1. The molecule has 0 radical (unpaired) electrons. The van der Waals surface area contributed by atoms with Crippen molar-refractivity contribution in [2.75, 3.05) is 13.2 Å². The lowest BCUT2D eigenvalue weighted by Gasteiger charge is -2.12. The molecule has 0 aromatic carbocycles. The normalized spacial score (nSPS) is 13.5. The van der Waals surface area contributed by atoms with Gasteiger partial charge in [-0.25, -0.2) is 0 Å². The van der Waals surface area contributed by atoms with E-state index in [1.54, 1.807) is 0 Å². The zero-order valence-electron chi connectivity index (χ0n) is 17.4. The monoisotopic (exact) mass is 372 g/mol. The van der Waals surface area contributed by atoms with Gasteiger partial charge in [-0.2, -0.15) is 0 Å². The molecule has 0 rings (SSSR count). The summed E-state index contributed by atoms with van der Waals surface area (Å²) in [5, 5.41) is 17.8. The van der Waals surface area contributed by atoms with Gasteiger partial charge in [0.25, 0.3) is 0 Å². The third-order valence-corrected chi connectivity index (χ3v) is 4.96. The number of hydrogen-bond acceptors (Lipinski definition) is 4. The van der Waals surface area contributed by atoms with Crippen LogP contribution in [0.25, 0.3) is 0 Å². The largest absolute Gasteiger partial charge is 0.463 e. The summed E-state index contributed by atoms with van der Waals surface area (Å²) < 4.78 is 4.94. The fourth-order valence-electron chi connectivity index (χ4n) is 3.20. The van der Waals surface area contributed by atoms with Gasteiger partial charge in [-0.05, 0) is 5.92 Å². The van der Waals surface area contributed by atoms with Gasteiger partial charge in [0.05, 0.1) is 6.61 Å². The maximum atomic E-state index is 11.6. The van der Waals surface area contributed by atoms with Crippen LogP contribution in [0.5, 0.6) is 0 Å². The molecule has 0 aliphatic carbocycles. The van der Waals surface area contributed by atoms with E-state index in [-0.39, 0.29) is 19.2 Å². The van der Waals surface area contributed by atoms with Gasteiger partial charge in [0.15, 0.2) is 0 Å². The molecule has 0 spiro atoms. The summed E-state index contributed by atoms with van der Waals surface area (Å²) in [5.74, 6) is 0.0428. The van der Waals surface area contributed by atoms with Crippen LogP contribution in [0.1, 0.15) is 110 Å². The molecule has 0 saturated carbocycles. The molecule has 0 bridgehead atoms. The highest BCUT2D eigenvalue weighted by atomic mass is 16.5. The molecular weight excluding hydrogens is 328 g/mol. The first-order chi connectivity index (χ1) is 12.6. The maximum Gasteiger partial charge on any atom is 0.306 e. The topological polar surface area (TPSA) is 66.8 Å². The molecule has 0 saturated heterocycles. The van der Waals surface area contributed by atoms with E-state index in [9.17, 15) is 4.79 Å². The highest BCUT2D eigenvalue weighted by Gasteiger charge is 2.12. The van der Waals surface area contributed by atoms with Gasteiger partial charge in [-0.1, -0.05) is 104 Å². The van der Waals surface area contributed by atoms with Crippen molar-refractivity contribution in [3.05, 3.63) is 0 Å². The molecule has 2 atom stereocenters. The molecule has 2 unspecified atom stereocenters. The van der Waals surface area contributed by atoms with Gasteiger partial charge in [0.1, 0.15) is 12.7 Å². The van der Waals surface area contributed by atoms with Crippen LogP contribution in [0.2, 0.25) is 0 Å². The molecule has 4 nitrogen and oxygen atoms in total. The first-order valence-corrected chi connectivity index (χ1v) is 11.0. The molecular formula is C22H44O4. The van der Waals surface area contributed by atoms with Crippen LogP contribution in [0, 0.1) is 5.92 Å². The molecule has 0 heterocycles. The Morgan fingerprint density at radius 3 is 1.77 bits per heavy atom. The number of unbranched alkanes of at least 4 members (excludes halogenated alkanes) is 12. The van der Waals surface area contributed by atoms with E-state index in [0.29, 0.717) is 12.3 Å². The van der Waals surface area contributed by atoms with Crippen LogP contribution < -0.4 is 0 Å². The van der Waals surface area contributed by atoms with Crippen LogP contribution in [0.15, 0.2) is 0 Å². The molecule has 0 amide bonds. The zero-order chi connectivity index (χ0) is 19.5. The van der Waals surface area contributed by atoms with Gasteiger partial charge in [0.2, 0.25) is 0 Å². The molecule has 0 aromatic rings. The number of ether oxygens (including phenoxy) is 1. The Hall–Kier alpha value is -0.610. The second kappa shape index (κ2) is 19.2. The molecule has 156 valence electrons. The summed E-state index contributed by atoms with van der Waals surface area (Å²) in [6.45, 7) is 3.86. The van der Waals surface area contributed by atoms with E-state index in [2.05, 4.69) is 13.8 Å². The van der Waals surface area contributed by atoms with Crippen molar-refractivity contribution >= 4 is 5.97 Å². The van der Waals surface area contributed by atoms with Gasteiger partial charge in [-0.3, -0.25) is 4.79 Å². The first-order valence-electron chi connectivity index (χ1n) is 11.0. The van der Waals surface area contributed by atoms with Crippen LogP contribution in [-0.4, -0.2) is 35.5 Å². The fraction of sp³-hybridized carbons (Fsp3) is 0.955. The summed E-state index contributed by atoms with van der Waals surface area (Å²) in [6.07, 6.45) is 18.1. The molecule has 26 heavy (non-hydrogen) atoms. The van der Waals surface area contributed by atoms with Gasteiger partial charge >= 0.3 is 5.97 Å². The van der Waals surface area contributed by atoms with E-state index in [4.69, 9.17) is 14.9 Å². The Bertz CT molecular complexity index is 307. The minimum absolute atomic E-state index is 0.110. The molecule has 0 aliphatic rings. The van der Waals surface area contributed by atoms with Crippen molar-refractivity contribution < 1.29 is 19.7 Å². The highest BCUT2D eigenvalue weighted by molar-refractivity contribution is 5.69. The van der Waals surface area contributed by atoms with Crippen LogP contribution in [-0.2, 0) is 9.53 Å². The Labute approximate surface area is 161 Å². The summed E-state index contributed by atoms with van der Waals surface area (Å²) in [7, 11) is 0. The Kier molecular flexibility index (Phi) is 18.7. The van der Waals surface area contributed by atoms with Crippen LogP contribution >= 0.6 is 0 Å². The third-order valence-electron chi connectivity index (χ3n) is 4.96. The molecule has 4 heteroatoms. The quantitative estimate of drug-likeness (QED) is 0.236. The van der Waals surface area contributed by atoms with Crippen molar-refractivity contribution in [1.29, 1.82) is 0 Å². The number of rotatable bonds is 19. The van der Waals surface area contributed by atoms with Crippen molar-refractivity contribution in [2.24, 2.45) is 5.92 Å². The third kappa shape index (κ3) is 18.2.